The average Bonchev–Trinajstić information content (AvgIpc) is 3.02. The van der Waals surface area contributed by atoms with E-state index < -0.39 is 9.84 Å². The molecule has 136 valence electrons. The predicted octanol–water partition coefficient (Wildman–Crippen LogP) is 2.91. The highest BCUT2D eigenvalue weighted by Crippen LogP contribution is 2.37. The quantitative estimate of drug-likeness (QED) is 0.781. The fourth-order valence-corrected chi connectivity index (χ4v) is 5.95. The van der Waals surface area contributed by atoms with Crippen LogP contribution in [-0.4, -0.2) is 42.9 Å². The first-order chi connectivity index (χ1) is 12.4. The van der Waals surface area contributed by atoms with Gasteiger partial charge in [0.05, 0.1) is 23.6 Å². The zero-order valence-corrected chi connectivity index (χ0v) is 15.7. The molecule has 4 rings (SSSR count). The molecule has 2 aliphatic rings. The monoisotopic (exact) mass is 370 g/mol. The van der Waals surface area contributed by atoms with E-state index in [1.807, 2.05) is 62.4 Å². The number of carbonyl (C=O) groups is 1. The number of carbonyl (C=O) groups excluding carboxylic acids is 1. The van der Waals surface area contributed by atoms with Gasteiger partial charge in [0.1, 0.15) is 0 Å². The SMILES string of the molecule is Cc1ccc(C)c(N2C(=O)N(Cc3ccccc3)[C@H]3CS(=O)(=O)C[C@@H]32)c1. The van der Waals surface area contributed by atoms with Crippen molar-refractivity contribution in [2.24, 2.45) is 0 Å². The number of amides is 2. The van der Waals surface area contributed by atoms with Gasteiger partial charge in [-0.25, -0.2) is 13.2 Å². The van der Waals surface area contributed by atoms with E-state index in [2.05, 4.69) is 0 Å². The maximum Gasteiger partial charge on any atom is 0.325 e. The van der Waals surface area contributed by atoms with Crippen LogP contribution < -0.4 is 4.90 Å². The van der Waals surface area contributed by atoms with Crippen LogP contribution in [0, 0.1) is 13.8 Å². The van der Waals surface area contributed by atoms with Crippen molar-refractivity contribution in [1.82, 2.24) is 4.90 Å². The fraction of sp³-hybridized carbons (Fsp3) is 0.350. The summed E-state index contributed by atoms with van der Waals surface area (Å²) < 4.78 is 24.6. The molecule has 0 bridgehead atoms. The fourth-order valence-electron chi connectivity index (χ4n) is 4.00. The van der Waals surface area contributed by atoms with Crippen LogP contribution in [0.5, 0.6) is 0 Å². The van der Waals surface area contributed by atoms with Gasteiger partial charge in [0.2, 0.25) is 0 Å². The predicted molar refractivity (Wildman–Crippen MR) is 102 cm³/mol. The first kappa shape index (κ1) is 17.1. The number of hydrogen-bond acceptors (Lipinski definition) is 3. The number of urea groups is 1. The minimum Gasteiger partial charge on any atom is -0.314 e. The maximum atomic E-state index is 13.3. The first-order valence-corrected chi connectivity index (χ1v) is 10.6. The molecule has 0 spiro atoms. The van der Waals surface area contributed by atoms with E-state index in [1.165, 1.54) is 0 Å². The summed E-state index contributed by atoms with van der Waals surface area (Å²) in [6.45, 7) is 4.37. The highest BCUT2D eigenvalue weighted by atomic mass is 32.2. The van der Waals surface area contributed by atoms with Crippen LogP contribution in [-0.2, 0) is 16.4 Å². The summed E-state index contributed by atoms with van der Waals surface area (Å²) in [5.74, 6) is 0.0691. The number of aryl methyl sites for hydroxylation is 2. The van der Waals surface area contributed by atoms with Crippen LogP contribution >= 0.6 is 0 Å². The molecule has 0 unspecified atom stereocenters. The molecule has 2 saturated heterocycles. The third-order valence-electron chi connectivity index (χ3n) is 5.30. The van der Waals surface area contributed by atoms with Crippen molar-refractivity contribution in [2.75, 3.05) is 16.4 Å². The molecule has 0 radical (unpaired) electrons. The smallest absolute Gasteiger partial charge is 0.314 e. The molecule has 2 amide bonds. The van der Waals surface area contributed by atoms with E-state index in [0.29, 0.717) is 6.54 Å². The molecule has 2 aromatic rings. The lowest BCUT2D eigenvalue weighted by Gasteiger charge is -2.24. The number of anilines is 1. The van der Waals surface area contributed by atoms with Crippen molar-refractivity contribution in [3.8, 4) is 0 Å². The molecule has 26 heavy (non-hydrogen) atoms. The molecule has 2 aliphatic heterocycles. The Kier molecular flexibility index (Phi) is 4.03. The summed E-state index contributed by atoms with van der Waals surface area (Å²) >= 11 is 0. The molecular weight excluding hydrogens is 348 g/mol. The normalized spacial score (nSPS) is 24.2. The third-order valence-corrected chi connectivity index (χ3v) is 7.00. The molecule has 0 aromatic heterocycles. The van der Waals surface area contributed by atoms with Gasteiger partial charge in [-0.2, -0.15) is 0 Å². The van der Waals surface area contributed by atoms with Gasteiger partial charge in [-0.05, 0) is 36.6 Å². The summed E-state index contributed by atoms with van der Waals surface area (Å²) in [7, 11) is -3.15. The Morgan fingerprint density at radius 2 is 1.69 bits per heavy atom. The summed E-state index contributed by atoms with van der Waals surface area (Å²) in [5.41, 5.74) is 3.86. The molecule has 6 heteroatoms. The van der Waals surface area contributed by atoms with E-state index in [0.717, 1.165) is 22.4 Å². The number of rotatable bonds is 3. The molecule has 2 heterocycles. The molecule has 0 saturated carbocycles. The topological polar surface area (TPSA) is 57.7 Å². The van der Waals surface area contributed by atoms with E-state index >= 15 is 0 Å². The minimum atomic E-state index is -3.15. The number of benzene rings is 2. The number of sulfone groups is 1. The highest BCUT2D eigenvalue weighted by Gasteiger charge is 2.54. The Hall–Kier alpha value is -2.34. The third kappa shape index (κ3) is 2.88. The van der Waals surface area contributed by atoms with Crippen LogP contribution in [0.2, 0.25) is 0 Å². The molecule has 2 atom stereocenters. The van der Waals surface area contributed by atoms with Gasteiger partial charge in [-0.15, -0.1) is 0 Å². The summed E-state index contributed by atoms with van der Waals surface area (Å²) in [6.07, 6.45) is 0. The van der Waals surface area contributed by atoms with E-state index in [1.54, 1.807) is 9.80 Å². The Morgan fingerprint density at radius 3 is 2.42 bits per heavy atom. The molecule has 2 aromatic carbocycles. The summed E-state index contributed by atoms with van der Waals surface area (Å²) in [6, 6.07) is 15.0. The van der Waals surface area contributed by atoms with Crippen LogP contribution in [0.25, 0.3) is 0 Å². The average molecular weight is 370 g/mol. The van der Waals surface area contributed by atoms with Crippen molar-refractivity contribution in [3.63, 3.8) is 0 Å². The van der Waals surface area contributed by atoms with Crippen molar-refractivity contribution in [1.29, 1.82) is 0 Å². The lowest BCUT2D eigenvalue weighted by Crippen LogP contribution is -2.38. The second-order valence-electron chi connectivity index (χ2n) is 7.27. The number of nitrogens with zero attached hydrogens (tertiary/aromatic N) is 2. The molecule has 2 fully saturated rings. The number of fused-ring (bicyclic) bond motifs is 1. The van der Waals surface area contributed by atoms with Gasteiger partial charge < -0.3 is 4.90 Å². The highest BCUT2D eigenvalue weighted by molar-refractivity contribution is 7.91. The Morgan fingerprint density at radius 1 is 1.00 bits per heavy atom. The molecule has 0 aliphatic carbocycles. The van der Waals surface area contributed by atoms with Crippen molar-refractivity contribution in [3.05, 3.63) is 65.2 Å². The van der Waals surface area contributed by atoms with Gasteiger partial charge in [-0.3, -0.25) is 4.90 Å². The molecule has 5 nitrogen and oxygen atoms in total. The van der Waals surface area contributed by atoms with Gasteiger partial charge >= 0.3 is 6.03 Å². The minimum absolute atomic E-state index is 0.0298. The van der Waals surface area contributed by atoms with Gasteiger partial charge in [0.25, 0.3) is 0 Å². The Labute approximate surface area is 154 Å². The second-order valence-corrected chi connectivity index (χ2v) is 9.42. The lowest BCUT2D eigenvalue weighted by atomic mass is 10.1. The molecule has 0 N–H and O–H groups in total. The van der Waals surface area contributed by atoms with Gasteiger partial charge in [0, 0.05) is 12.2 Å². The van der Waals surface area contributed by atoms with Crippen LogP contribution in [0.3, 0.4) is 0 Å². The van der Waals surface area contributed by atoms with Crippen molar-refractivity contribution < 1.29 is 13.2 Å². The van der Waals surface area contributed by atoms with Gasteiger partial charge in [-0.1, -0.05) is 42.5 Å². The summed E-state index contributed by atoms with van der Waals surface area (Å²) in [5, 5.41) is 0. The first-order valence-electron chi connectivity index (χ1n) is 8.77. The van der Waals surface area contributed by atoms with Crippen LogP contribution in [0.4, 0.5) is 10.5 Å². The largest absolute Gasteiger partial charge is 0.325 e. The number of hydrogen-bond donors (Lipinski definition) is 0. The van der Waals surface area contributed by atoms with E-state index in [4.69, 9.17) is 0 Å². The lowest BCUT2D eigenvalue weighted by molar-refractivity contribution is 0.206. The van der Waals surface area contributed by atoms with E-state index in [-0.39, 0.29) is 29.6 Å². The summed E-state index contributed by atoms with van der Waals surface area (Å²) in [4.78, 5) is 16.7. The van der Waals surface area contributed by atoms with Crippen LogP contribution in [0.1, 0.15) is 16.7 Å². The van der Waals surface area contributed by atoms with Gasteiger partial charge in [0.15, 0.2) is 9.84 Å². The Bertz CT molecular complexity index is 956. The van der Waals surface area contributed by atoms with Crippen LogP contribution in [0.15, 0.2) is 48.5 Å². The zero-order chi connectivity index (χ0) is 18.5. The van der Waals surface area contributed by atoms with Crippen molar-refractivity contribution >= 4 is 21.6 Å². The maximum absolute atomic E-state index is 13.3. The zero-order valence-electron chi connectivity index (χ0n) is 14.9. The standard InChI is InChI=1S/C20H22N2O3S/c1-14-8-9-15(2)17(10-14)22-19-13-26(24,25)12-18(19)21(20(22)23)11-16-6-4-3-5-7-16/h3-10,18-19H,11-13H2,1-2H3/t18-,19-/m0/s1. The Balaban J connectivity index is 1.75. The van der Waals surface area contributed by atoms with Crippen molar-refractivity contribution in [2.45, 2.75) is 32.5 Å². The second kappa shape index (κ2) is 6.13. The van der Waals surface area contributed by atoms with E-state index in [9.17, 15) is 13.2 Å². The molecular formula is C20H22N2O3S.